The van der Waals surface area contributed by atoms with Crippen molar-refractivity contribution >= 4 is 22.9 Å². The lowest BCUT2D eigenvalue weighted by atomic mass is 10.0. The molecule has 2 heteroatoms. The Kier molecular flexibility index (Phi) is 4.99. The van der Waals surface area contributed by atoms with Gasteiger partial charge in [0, 0.05) is 0 Å². The second kappa shape index (κ2) is 7.76. The number of aromatic nitrogens is 1. The van der Waals surface area contributed by atoms with Gasteiger partial charge in [-0.25, -0.2) is 4.98 Å². The molecule has 0 aliphatic carbocycles. The van der Waals surface area contributed by atoms with Crippen LogP contribution in [0.15, 0.2) is 96.1 Å². The highest BCUT2D eigenvalue weighted by atomic mass is 16.3. The molecule has 0 amide bonds. The van der Waals surface area contributed by atoms with E-state index in [1.54, 1.807) is 6.20 Å². The first kappa shape index (κ1) is 14.8. The van der Waals surface area contributed by atoms with Crippen LogP contribution in [0, 0.1) is 0 Å². The molecule has 0 spiro atoms. The van der Waals surface area contributed by atoms with Gasteiger partial charge in [-0.05, 0) is 21.9 Å². The molecular formula is C21H17NO. The first-order valence-electron chi connectivity index (χ1n) is 7.46. The molecule has 0 saturated carbocycles. The lowest BCUT2D eigenvalue weighted by Crippen LogP contribution is -1.77. The molecule has 1 heterocycles. The Balaban J connectivity index is 0.000000267. The van der Waals surface area contributed by atoms with Crippen LogP contribution in [0.5, 0.6) is 0 Å². The SMILES string of the molecule is C(=C\c1cccc2ccccc12)/c1ccccc1.c1cocn1. The van der Waals surface area contributed by atoms with E-state index in [2.05, 4.69) is 88.3 Å². The van der Waals surface area contributed by atoms with E-state index in [1.807, 2.05) is 6.07 Å². The van der Waals surface area contributed by atoms with Crippen molar-refractivity contribution in [2.45, 2.75) is 0 Å². The monoisotopic (exact) mass is 299 g/mol. The van der Waals surface area contributed by atoms with Gasteiger partial charge in [0.2, 0.25) is 0 Å². The van der Waals surface area contributed by atoms with E-state index in [-0.39, 0.29) is 0 Å². The largest absolute Gasteiger partial charge is 0.452 e. The standard InChI is InChI=1S/C18H14.C3H3NO/c1-2-7-15(8-3-1)13-14-17-11-6-10-16-9-4-5-12-18(16)17;1-2-5-3-4-1/h1-14H;1-3H/b14-13+;. The molecule has 3 aromatic carbocycles. The zero-order valence-electron chi connectivity index (χ0n) is 12.7. The molecule has 0 fully saturated rings. The fourth-order valence-corrected chi connectivity index (χ4v) is 2.32. The summed E-state index contributed by atoms with van der Waals surface area (Å²) in [6, 6.07) is 25.3. The van der Waals surface area contributed by atoms with Crippen molar-refractivity contribution in [2.75, 3.05) is 0 Å². The zero-order chi connectivity index (χ0) is 15.7. The van der Waals surface area contributed by atoms with Gasteiger partial charge in [-0.2, -0.15) is 0 Å². The van der Waals surface area contributed by atoms with Crippen molar-refractivity contribution < 1.29 is 4.42 Å². The predicted octanol–water partition coefficient (Wildman–Crippen LogP) is 5.68. The predicted molar refractivity (Wildman–Crippen MR) is 95.8 cm³/mol. The molecule has 0 unspecified atom stereocenters. The molecule has 1 aromatic heterocycles. The van der Waals surface area contributed by atoms with E-state index in [9.17, 15) is 0 Å². The number of hydrogen-bond donors (Lipinski definition) is 0. The molecule has 0 atom stereocenters. The van der Waals surface area contributed by atoms with Crippen LogP contribution >= 0.6 is 0 Å². The number of fused-ring (bicyclic) bond motifs is 1. The number of hydrogen-bond acceptors (Lipinski definition) is 2. The third-order valence-corrected chi connectivity index (χ3v) is 3.43. The number of benzene rings is 3. The number of rotatable bonds is 2. The van der Waals surface area contributed by atoms with Gasteiger partial charge in [-0.3, -0.25) is 0 Å². The smallest absolute Gasteiger partial charge is 0.180 e. The van der Waals surface area contributed by atoms with Gasteiger partial charge in [0.15, 0.2) is 6.39 Å². The zero-order valence-corrected chi connectivity index (χ0v) is 12.7. The maximum Gasteiger partial charge on any atom is 0.180 e. The second-order valence-corrected chi connectivity index (χ2v) is 4.99. The van der Waals surface area contributed by atoms with Crippen LogP contribution in [0.3, 0.4) is 0 Å². The first-order valence-corrected chi connectivity index (χ1v) is 7.46. The van der Waals surface area contributed by atoms with Crippen LogP contribution in [0.2, 0.25) is 0 Å². The van der Waals surface area contributed by atoms with E-state index in [4.69, 9.17) is 0 Å². The Morgan fingerprint density at radius 1 is 0.739 bits per heavy atom. The second-order valence-electron chi connectivity index (χ2n) is 4.99. The van der Waals surface area contributed by atoms with Crippen LogP contribution in [-0.4, -0.2) is 4.98 Å². The van der Waals surface area contributed by atoms with Gasteiger partial charge in [0.1, 0.15) is 6.26 Å². The van der Waals surface area contributed by atoms with Crippen LogP contribution in [-0.2, 0) is 0 Å². The highest BCUT2D eigenvalue weighted by Crippen LogP contribution is 2.20. The summed E-state index contributed by atoms with van der Waals surface area (Å²) in [5.74, 6) is 0. The lowest BCUT2D eigenvalue weighted by molar-refractivity contribution is 0.558. The summed E-state index contributed by atoms with van der Waals surface area (Å²) in [7, 11) is 0. The topological polar surface area (TPSA) is 26.0 Å². The van der Waals surface area contributed by atoms with Crippen LogP contribution < -0.4 is 0 Å². The van der Waals surface area contributed by atoms with Gasteiger partial charge >= 0.3 is 0 Å². The molecule has 112 valence electrons. The fraction of sp³-hybridized carbons (Fsp3) is 0. The molecule has 0 saturated heterocycles. The number of nitrogens with zero attached hydrogens (tertiary/aromatic N) is 1. The third-order valence-electron chi connectivity index (χ3n) is 3.43. The Morgan fingerprint density at radius 2 is 1.52 bits per heavy atom. The first-order chi connectivity index (χ1) is 11.4. The Morgan fingerprint density at radius 3 is 2.26 bits per heavy atom. The highest BCUT2D eigenvalue weighted by molar-refractivity contribution is 5.92. The summed E-state index contributed by atoms with van der Waals surface area (Å²) in [5.41, 5.74) is 2.49. The van der Waals surface area contributed by atoms with Gasteiger partial charge in [-0.1, -0.05) is 84.9 Å². The molecule has 4 rings (SSSR count). The summed E-state index contributed by atoms with van der Waals surface area (Å²) >= 11 is 0. The summed E-state index contributed by atoms with van der Waals surface area (Å²) in [6.45, 7) is 0. The summed E-state index contributed by atoms with van der Waals surface area (Å²) in [5, 5.41) is 2.58. The van der Waals surface area contributed by atoms with Gasteiger partial charge in [-0.15, -0.1) is 0 Å². The van der Waals surface area contributed by atoms with E-state index in [0.29, 0.717) is 0 Å². The van der Waals surface area contributed by atoms with Crippen molar-refractivity contribution in [3.8, 4) is 0 Å². The lowest BCUT2D eigenvalue weighted by Gasteiger charge is -2.01. The van der Waals surface area contributed by atoms with Crippen LogP contribution in [0.4, 0.5) is 0 Å². The molecule has 0 radical (unpaired) electrons. The van der Waals surface area contributed by atoms with E-state index >= 15 is 0 Å². The quantitative estimate of drug-likeness (QED) is 0.445. The Labute approximate surface area is 135 Å². The molecule has 0 aliphatic heterocycles. The third kappa shape index (κ3) is 4.17. The molecule has 4 aromatic rings. The fourth-order valence-electron chi connectivity index (χ4n) is 2.32. The van der Waals surface area contributed by atoms with Gasteiger partial charge in [0.25, 0.3) is 0 Å². The van der Waals surface area contributed by atoms with Crippen molar-refractivity contribution in [3.05, 3.63) is 103 Å². The average Bonchev–Trinajstić information content (AvgIpc) is 3.21. The Bertz CT molecular complexity index is 842. The van der Waals surface area contributed by atoms with Gasteiger partial charge in [0.05, 0.1) is 6.20 Å². The summed E-state index contributed by atoms with van der Waals surface area (Å²) in [4.78, 5) is 3.56. The molecule has 2 nitrogen and oxygen atoms in total. The highest BCUT2D eigenvalue weighted by Gasteiger charge is 1.95. The van der Waals surface area contributed by atoms with Crippen molar-refractivity contribution in [3.63, 3.8) is 0 Å². The van der Waals surface area contributed by atoms with E-state index < -0.39 is 0 Å². The average molecular weight is 299 g/mol. The normalized spacial score (nSPS) is 10.4. The van der Waals surface area contributed by atoms with Gasteiger partial charge < -0.3 is 4.42 Å². The summed E-state index contributed by atoms with van der Waals surface area (Å²) < 4.78 is 4.47. The van der Waals surface area contributed by atoms with Crippen molar-refractivity contribution in [2.24, 2.45) is 0 Å². The van der Waals surface area contributed by atoms with Crippen LogP contribution in [0.25, 0.3) is 22.9 Å². The number of oxazole rings is 1. The minimum atomic E-state index is 1.23. The maximum absolute atomic E-state index is 4.47. The molecule has 0 N–H and O–H groups in total. The minimum Gasteiger partial charge on any atom is -0.452 e. The molecule has 23 heavy (non-hydrogen) atoms. The maximum atomic E-state index is 4.47. The molecular weight excluding hydrogens is 282 g/mol. The molecule has 0 bridgehead atoms. The van der Waals surface area contributed by atoms with Crippen molar-refractivity contribution in [1.29, 1.82) is 0 Å². The minimum absolute atomic E-state index is 1.23. The van der Waals surface area contributed by atoms with E-state index in [0.717, 1.165) is 0 Å². The Hall–Kier alpha value is -3.13. The molecule has 0 aliphatic rings. The summed E-state index contributed by atoms with van der Waals surface area (Å²) in [6.07, 6.45) is 8.80. The van der Waals surface area contributed by atoms with Crippen molar-refractivity contribution in [1.82, 2.24) is 4.98 Å². The van der Waals surface area contributed by atoms with E-state index in [1.165, 1.54) is 34.6 Å². The van der Waals surface area contributed by atoms with Crippen LogP contribution in [0.1, 0.15) is 11.1 Å².